The van der Waals surface area contributed by atoms with Gasteiger partial charge in [0.1, 0.15) is 22.7 Å². The molecule has 0 bridgehead atoms. The number of anilines is 1. The van der Waals surface area contributed by atoms with Crippen LogP contribution in [-0.4, -0.2) is 60.4 Å². The second kappa shape index (κ2) is 8.43. The SMILES string of the molecule is COc1ccc(CC(C)N2CC3(CCN(c4ncnc5sc(CC(F)(F)F)cc45)C3)C2)cc1. The van der Waals surface area contributed by atoms with Gasteiger partial charge < -0.3 is 9.64 Å². The molecule has 9 heteroatoms. The number of thiophene rings is 1. The molecule has 0 N–H and O–H groups in total. The van der Waals surface area contributed by atoms with E-state index in [1.807, 2.05) is 12.1 Å². The first-order valence-corrected chi connectivity index (χ1v) is 12.0. The van der Waals surface area contributed by atoms with E-state index in [4.69, 9.17) is 4.74 Å². The fourth-order valence-corrected chi connectivity index (χ4v) is 6.18. The Morgan fingerprint density at radius 3 is 2.61 bits per heavy atom. The number of methoxy groups -OCH3 is 1. The summed E-state index contributed by atoms with van der Waals surface area (Å²) >= 11 is 1.11. The zero-order chi connectivity index (χ0) is 23.2. The van der Waals surface area contributed by atoms with Gasteiger partial charge in [0.05, 0.1) is 18.9 Å². The van der Waals surface area contributed by atoms with Crippen LogP contribution in [0.2, 0.25) is 0 Å². The van der Waals surface area contributed by atoms with E-state index in [9.17, 15) is 13.2 Å². The highest BCUT2D eigenvalue weighted by Gasteiger charge is 2.49. The molecule has 2 aliphatic heterocycles. The first kappa shape index (κ1) is 22.4. The highest BCUT2D eigenvalue weighted by Crippen LogP contribution is 2.43. The smallest absolute Gasteiger partial charge is 0.393 e. The lowest BCUT2D eigenvalue weighted by Gasteiger charge is -2.51. The van der Waals surface area contributed by atoms with Gasteiger partial charge in [-0.1, -0.05) is 12.1 Å². The average Bonchev–Trinajstić information content (AvgIpc) is 3.35. The number of hydrogen-bond donors (Lipinski definition) is 0. The highest BCUT2D eigenvalue weighted by molar-refractivity contribution is 7.18. The minimum atomic E-state index is -4.22. The van der Waals surface area contributed by atoms with E-state index >= 15 is 0 Å². The van der Waals surface area contributed by atoms with Crippen LogP contribution in [0.5, 0.6) is 5.75 Å². The Hall–Kier alpha value is -2.39. The van der Waals surface area contributed by atoms with Crippen molar-refractivity contribution in [2.45, 2.75) is 38.4 Å². The van der Waals surface area contributed by atoms with Gasteiger partial charge in [0.15, 0.2) is 0 Å². The molecule has 0 saturated carbocycles. The lowest BCUT2D eigenvalue weighted by Crippen LogP contribution is -2.60. The molecule has 176 valence electrons. The zero-order valence-corrected chi connectivity index (χ0v) is 19.5. The van der Waals surface area contributed by atoms with Crippen LogP contribution in [0.3, 0.4) is 0 Å². The second-order valence-corrected chi connectivity index (χ2v) is 10.5. The summed E-state index contributed by atoms with van der Waals surface area (Å²) < 4.78 is 43.8. The van der Waals surface area contributed by atoms with Crippen LogP contribution in [-0.2, 0) is 12.8 Å². The maximum absolute atomic E-state index is 12.8. The minimum Gasteiger partial charge on any atom is -0.497 e. The zero-order valence-electron chi connectivity index (χ0n) is 18.7. The summed E-state index contributed by atoms with van der Waals surface area (Å²) in [5.74, 6) is 1.64. The van der Waals surface area contributed by atoms with Crippen molar-refractivity contribution < 1.29 is 17.9 Å². The van der Waals surface area contributed by atoms with Gasteiger partial charge in [-0.25, -0.2) is 9.97 Å². The van der Waals surface area contributed by atoms with Gasteiger partial charge in [0.25, 0.3) is 0 Å². The van der Waals surface area contributed by atoms with Crippen molar-refractivity contribution in [3.05, 3.63) is 47.1 Å². The molecule has 0 radical (unpaired) electrons. The van der Waals surface area contributed by atoms with E-state index in [2.05, 4.69) is 38.8 Å². The number of benzene rings is 1. The second-order valence-electron chi connectivity index (χ2n) is 9.40. The van der Waals surface area contributed by atoms with Gasteiger partial charge in [0, 0.05) is 42.5 Å². The van der Waals surface area contributed by atoms with Crippen LogP contribution in [0.25, 0.3) is 10.2 Å². The minimum absolute atomic E-state index is 0.232. The molecule has 1 atom stereocenters. The standard InChI is InChI=1S/C24H27F3N4OS/c1-16(9-17-3-5-18(32-2)6-4-17)31-13-23(14-31)7-8-30(12-23)21-20-10-19(11-24(25,26)27)33-22(20)29-15-28-21/h3-6,10,15-16H,7-9,11-14H2,1-2H3. The van der Waals surface area contributed by atoms with Gasteiger partial charge in [-0.05, 0) is 43.5 Å². The summed E-state index contributed by atoms with van der Waals surface area (Å²) in [5.41, 5.74) is 1.53. The van der Waals surface area contributed by atoms with E-state index < -0.39 is 12.6 Å². The van der Waals surface area contributed by atoms with Gasteiger partial charge >= 0.3 is 6.18 Å². The van der Waals surface area contributed by atoms with E-state index in [0.717, 1.165) is 67.3 Å². The lowest BCUT2D eigenvalue weighted by atomic mass is 9.78. The normalized spacial score (nSPS) is 19.2. The molecule has 1 spiro atoms. The Kier molecular flexibility index (Phi) is 5.73. The van der Waals surface area contributed by atoms with Gasteiger partial charge in [-0.3, -0.25) is 4.90 Å². The van der Waals surface area contributed by atoms with Crippen LogP contribution >= 0.6 is 11.3 Å². The third-order valence-corrected chi connectivity index (χ3v) is 7.91. The quantitative estimate of drug-likeness (QED) is 0.504. The maximum atomic E-state index is 12.8. The topological polar surface area (TPSA) is 41.5 Å². The fourth-order valence-electron chi connectivity index (χ4n) is 5.16. The largest absolute Gasteiger partial charge is 0.497 e. The summed E-state index contributed by atoms with van der Waals surface area (Å²) in [6.07, 6.45) is -1.60. The molecule has 5 nitrogen and oxygen atoms in total. The number of aromatic nitrogens is 2. The van der Waals surface area contributed by atoms with Gasteiger partial charge in [-0.2, -0.15) is 13.2 Å². The summed E-state index contributed by atoms with van der Waals surface area (Å²) in [6.45, 7) is 6.11. The van der Waals surface area contributed by atoms with Crippen LogP contribution < -0.4 is 9.64 Å². The molecular weight excluding hydrogens is 449 g/mol. The summed E-state index contributed by atoms with van der Waals surface area (Å²) in [4.78, 5) is 14.4. The molecule has 2 aliphatic rings. The van der Waals surface area contributed by atoms with Crippen molar-refractivity contribution in [3.63, 3.8) is 0 Å². The average molecular weight is 477 g/mol. The van der Waals surface area contributed by atoms with Crippen LogP contribution in [0.1, 0.15) is 23.8 Å². The molecule has 0 amide bonds. The predicted molar refractivity (Wildman–Crippen MR) is 124 cm³/mol. The number of hydrogen-bond acceptors (Lipinski definition) is 6. The molecule has 3 aromatic rings. The van der Waals surface area contributed by atoms with Crippen molar-refractivity contribution in [2.75, 3.05) is 38.2 Å². The number of ether oxygens (including phenoxy) is 1. The Labute approximate surface area is 195 Å². The van der Waals surface area contributed by atoms with E-state index in [1.54, 1.807) is 13.2 Å². The predicted octanol–water partition coefficient (Wildman–Crippen LogP) is 4.95. The Morgan fingerprint density at radius 1 is 1.15 bits per heavy atom. The number of alkyl halides is 3. The molecule has 2 saturated heterocycles. The van der Waals surface area contributed by atoms with Gasteiger partial charge in [0.2, 0.25) is 0 Å². The molecule has 2 aromatic heterocycles. The molecule has 5 rings (SSSR count). The third-order valence-electron chi connectivity index (χ3n) is 6.86. The van der Waals surface area contributed by atoms with E-state index in [1.165, 1.54) is 11.9 Å². The molecule has 1 aromatic carbocycles. The first-order valence-electron chi connectivity index (χ1n) is 11.2. The lowest BCUT2D eigenvalue weighted by molar-refractivity contribution is -0.126. The number of likely N-dealkylation sites (tertiary alicyclic amines) is 1. The first-order chi connectivity index (χ1) is 15.7. The van der Waals surface area contributed by atoms with E-state index in [0.29, 0.717) is 10.9 Å². The Bertz CT molecular complexity index is 1120. The molecule has 2 fully saturated rings. The van der Waals surface area contributed by atoms with Gasteiger partial charge in [-0.15, -0.1) is 11.3 Å². The Morgan fingerprint density at radius 2 is 1.91 bits per heavy atom. The fraction of sp³-hybridized carbons (Fsp3) is 0.500. The Balaban J connectivity index is 1.23. The third kappa shape index (κ3) is 4.66. The van der Waals surface area contributed by atoms with Crippen LogP contribution in [0, 0.1) is 5.41 Å². The molecular formula is C24H27F3N4OS. The highest BCUT2D eigenvalue weighted by atomic mass is 32.1. The van der Waals surface area contributed by atoms with Crippen molar-refractivity contribution in [3.8, 4) is 5.75 Å². The summed E-state index contributed by atoms with van der Waals surface area (Å²) in [5, 5.41) is 0.739. The number of rotatable bonds is 6. The van der Waals surface area contributed by atoms with Crippen molar-refractivity contribution >= 4 is 27.4 Å². The molecule has 4 heterocycles. The van der Waals surface area contributed by atoms with E-state index in [-0.39, 0.29) is 10.3 Å². The monoisotopic (exact) mass is 476 g/mol. The van der Waals surface area contributed by atoms with Crippen LogP contribution in [0.15, 0.2) is 36.7 Å². The molecule has 1 unspecified atom stereocenters. The van der Waals surface area contributed by atoms with Crippen molar-refractivity contribution in [1.29, 1.82) is 0 Å². The number of halogens is 3. The summed E-state index contributed by atoms with van der Waals surface area (Å²) in [7, 11) is 1.67. The molecule has 0 aliphatic carbocycles. The maximum Gasteiger partial charge on any atom is 0.393 e. The van der Waals surface area contributed by atoms with Crippen LogP contribution in [0.4, 0.5) is 19.0 Å². The molecule has 33 heavy (non-hydrogen) atoms. The summed E-state index contributed by atoms with van der Waals surface area (Å²) in [6, 6.07) is 10.3. The van der Waals surface area contributed by atoms with Crippen molar-refractivity contribution in [2.24, 2.45) is 5.41 Å². The van der Waals surface area contributed by atoms with Crippen molar-refractivity contribution in [1.82, 2.24) is 14.9 Å². The number of nitrogens with zero attached hydrogens (tertiary/aromatic N) is 4. The number of fused-ring (bicyclic) bond motifs is 1.